The standard InChI is InChI=1S/C10H9ClF3NO3/c11-8-6(2-1-3-7(8)15)9(16)18-5-17-4-10(12,13)14/h1-3H,4-5,15H2. The van der Waals surface area contributed by atoms with Crippen LogP contribution < -0.4 is 5.73 Å². The van der Waals surface area contributed by atoms with Crippen LogP contribution in [0.3, 0.4) is 0 Å². The summed E-state index contributed by atoms with van der Waals surface area (Å²) in [4.78, 5) is 11.4. The van der Waals surface area contributed by atoms with Crippen molar-refractivity contribution >= 4 is 23.3 Å². The molecule has 0 radical (unpaired) electrons. The number of anilines is 1. The number of hydrogen-bond donors (Lipinski definition) is 1. The molecule has 0 aliphatic rings. The molecule has 4 nitrogen and oxygen atoms in total. The van der Waals surface area contributed by atoms with Gasteiger partial charge in [-0.25, -0.2) is 4.79 Å². The van der Waals surface area contributed by atoms with E-state index >= 15 is 0 Å². The summed E-state index contributed by atoms with van der Waals surface area (Å²) >= 11 is 5.73. The third kappa shape index (κ3) is 4.42. The van der Waals surface area contributed by atoms with Crippen molar-refractivity contribution in [3.8, 4) is 0 Å². The first kappa shape index (κ1) is 14.6. The number of alkyl halides is 3. The van der Waals surface area contributed by atoms with Gasteiger partial charge in [0.05, 0.1) is 16.3 Å². The molecule has 0 saturated heterocycles. The van der Waals surface area contributed by atoms with Crippen LogP contribution in [0.4, 0.5) is 18.9 Å². The van der Waals surface area contributed by atoms with Crippen LogP contribution in [0, 0.1) is 0 Å². The fraction of sp³-hybridized carbons (Fsp3) is 0.300. The zero-order valence-electron chi connectivity index (χ0n) is 8.96. The quantitative estimate of drug-likeness (QED) is 0.399. The van der Waals surface area contributed by atoms with E-state index < -0.39 is 25.5 Å². The Bertz CT molecular complexity index is 437. The smallest absolute Gasteiger partial charge is 0.411 e. The van der Waals surface area contributed by atoms with Gasteiger partial charge in [0.15, 0.2) is 6.79 Å². The van der Waals surface area contributed by atoms with Crippen LogP contribution in [0.2, 0.25) is 5.02 Å². The average molecular weight is 284 g/mol. The Kier molecular flexibility index (Phi) is 4.80. The van der Waals surface area contributed by atoms with E-state index in [2.05, 4.69) is 9.47 Å². The van der Waals surface area contributed by atoms with Gasteiger partial charge in [-0.2, -0.15) is 13.2 Å². The van der Waals surface area contributed by atoms with Crippen molar-refractivity contribution in [3.05, 3.63) is 28.8 Å². The molecule has 0 spiro atoms. The Morgan fingerprint density at radius 2 is 2.06 bits per heavy atom. The monoisotopic (exact) mass is 283 g/mol. The molecule has 100 valence electrons. The summed E-state index contributed by atoms with van der Waals surface area (Å²) in [5, 5.41) is -0.0154. The molecular formula is C10H9ClF3NO3. The number of benzene rings is 1. The van der Waals surface area contributed by atoms with E-state index in [4.69, 9.17) is 17.3 Å². The van der Waals surface area contributed by atoms with Crippen molar-refractivity contribution in [2.75, 3.05) is 19.1 Å². The largest absolute Gasteiger partial charge is 0.435 e. The van der Waals surface area contributed by atoms with Crippen molar-refractivity contribution < 1.29 is 27.4 Å². The summed E-state index contributed by atoms with van der Waals surface area (Å²) in [7, 11) is 0. The van der Waals surface area contributed by atoms with Gasteiger partial charge in [0.25, 0.3) is 0 Å². The second-order valence-corrected chi connectivity index (χ2v) is 3.60. The summed E-state index contributed by atoms with van der Waals surface area (Å²) in [6.07, 6.45) is -4.47. The Hall–Kier alpha value is -1.47. The fourth-order valence-corrected chi connectivity index (χ4v) is 1.24. The van der Waals surface area contributed by atoms with Gasteiger partial charge in [0.2, 0.25) is 0 Å². The molecule has 0 atom stereocenters. The van der Waals surface area contributed by atoms with E-state index in [1.165, 1.54) is 18.2 Å². The summed E-state index contributed by atoms with van der Waals surface area (Å²) in [5.74, 6) is -0.908. The zero-order chi connectivity index (χ0) is 13.8. The van der Waals surface area contributed by atoms with Crippen LogP contribution in [0.5, 0.6) is 0 Å². The first-order valence-corrected chi connectivity index (χ1v) is 5.04. The topological polar surface area (TPSA) is 61.6 Å². The van der Waals surface area contributed by atoms with E-state index in [-0.39, 0.29) is 16.3 Å². The van der Waals surface area contributed by atoms with Crippen LogP contribution in [-0.2, 0) is 9.47 Å². The van der Waals surface area contributed by atoms with Crippen molar-refractivity contribution in [1.29, 1.82) is 0 Å². The number of nitrogen functional groups attached to an aromatic ring is 1. The highest BCUT2D eigenvalue weighted by Crippen LogP contribution is 2.23. The molecule has 1 aromatic rings. The van der Waals surface area contributed by atoms with E-state index in [0.29, 0.717) is 0 Å². The number of nitrogens with two attached hydrogens (primary N) is 1. The number of rotatable bonds is 4. The van der Waals surface area contributed by atoms with Crippen molar-refractivity contribution in [2.24, 2.45) is 0 Å². The van der Waals surface area contributed by atoms with Gasteiger partial charge in [-0.05, 0) is 12.1 Å². The lowest BCUT2D eigenvalue weighted by Crippen LogP contribution is -2.19. The first-order valence-electron chi connectivity index (χ1n) is 4.67. The van der Waals surface area contributed by atoms with Gasteiger partial charge in [0.1, 0.15) is 6.61 Å². The average Bonchev–Trinajstić information content (AvgIpc) is 2.26. The van der Waals surface area contributed by atoms with Gasteiger partial charge in [0, 0.05) is 0 Å². The SMILES string of the molecule is Nc1cccc(C(=O)OCOCC(F)(F)F)c1Cl. The lowest BCUT2D eigenvalue weighted by atomic mass is 10.2. The highest BCUT2D eigenvalue weighted by atomic mass is 35.5. The molecule has 8 heteroatoms. The minimum absolute atomic E-state index is 0.0154. The van der Waals surface area contributed by atoms with E-state index in [9.17, 15) is 18.0 Å². The molecule has 2 N–H and O–H groups in total. The van der Waals surface area contributed by atoms with Gasteiger partial charge in [-0.15, -0.1) is 0 Å². The molecule has 0 aliphatic heterocycles. The van der Waals surface area contributed by atoms with Crippen molar-refractivity contribution in [1.82, 2.24) is 0 Å². The molecule has 1 aromatic carbocycles. The number of hydrogen-bond acceptors (Lipinski definition) is 4. The van der Waals surface area contributed by atoms with Gasteiger partial charge in [-0.3, -0.25) is 0 Å². The maximum atomic E-state index is 11.7. The molecule has 1 rings (SSSR count). The molecule has 0 unspecified atom stereocenters. The Balaban J connectivity index is 2.49. The molecule has 0 bridgehead atoms. The molecule has 0 fully saturated rings. The maximum absolute atomic E-state index is 11.7. The van der Waals surface area contributed by atoms with Crippen molar-refractivity contribution in [3.63, 3.8) is 0 Å². The Morgan fingerprint density at radius 3 is 2.67 bits per heavy atom. The van der Waals surface area contributed by atoms with Crippen LogP contribution >= 0.6 is 11.6 Å². The number of carbonyl (C=O) groups excluding carboxylic acids is 1. The number of esters is 1. The lowest BCUT2D eigenvalue weighted by molar-refractivity contribution is -0.190. The summed E-state index contributed by atoms with van der Waals surface area (Å²) in [6.45, 7) is -2.31. The second-order valence-electron chi connectivity index (χ2n) is 3.22. The molecule has 0 aromatic heterocycles. The molecule has 0 aliphatic carbocycles. The Labute approximate surface area is 105 Å². The van der Waals surface area contributed by atoms with Crippen LogP contribution in [-0.4, -0.2) is 25.5 Å². The molecule has 0 saturated carbocycles. The summed E-state index contributed by atoms with van der Waals surface area (Å²) < 4.78 is 43.7. The van der Waals surface area contributed by atoms with Gasteiger partial charge in [-0.1, -0.05) is 17.7 Å². The zero-order valence-corrected chi connectivity index (χ0v) is 9.72. The lowest BCUT2D eigenvalue weighted by Gasteiger charge is -2.09. The van der Waals surface area contributed by atoms with Gasteiger partial charge >= 0.3 is 12.1 Å². The Morgan fingerprint density at radius 1 is 1.39 bits per heavy atom. The van der Waals surface area contributed by atoms with Crippen LogP contribution in [0.15, 0.2) is 18.2 Å². The van der Waals surface area contributed by atoms with Gasteiger partial charge < -0.3 is 15.2 Å². The van der Waals surface area contributed by atoms with E-state index in [1.54, 1.807) is 0 Å². The highest BCUT2D eigenvalue weighted by Gasteiger charge is 2.27. The van der Waals surface area contributed by atoms with E-state index in [1.807, 2.05) is 0 Å². The highest BCUT2D eigenvalue weighted by molar-refractivity contribution is 6.36. The van der Waals surface area contributed by atoms with Crippen molar-refractivity contribution in [2.45, 2.75) is 6.18 Å². The molecule has 0 amide bonds. The second kappa shape index (κ2) is 5.92. The predicted octanol–water partition coefficient (Wildman–Crippen LogP) is 2.62. The predicted molar refractivity (Wildman–Crippen MR) is 58.2 cm³/mol. The molecule has 18 heavy (non-hydrogen) atoms. The number of halogens is 4. The molecule has 0 heterocycles. The number of ether oxygens (including phenoxy) is 2. The van der Waals surface area contributed by atoms with Crippen LogP contribution in [0.1, 0.15) is 10.4 Å². The fourth-order valence-electron chi connectivity index (χ4n) is 1.04. The summed E-state index contributed by atoms with van der Waals surface area (Å²) in [6, 6.07) is 4.28. The first-order chi connectivity index (χ1) is 8.31. The normalized spacial score (nSPS) is 11.3. The minimum Gasteiger partial charge on any atom is -0.435 e. The van der Waals surface area contributed by atoms with E-state index in [0.717, 1.165) is 0 Å². The summed E-state index contributed by atoms with van der Waals surface area (Å²) in [5.41, 5.74) is 5.58. The third-order valence-electron chi connectivity index (χ3n) is 1.79. The number of carbonyl (C=O) groups is 1. The molecular weight excluding hydrogens is 275 g/mol. The minimum atomic E-state index is -4.47. The third-order valence-corrected chi connectivity index (χ3v) is 2.21. The maximum Gasteiger partial charge on any atom is 0.411 e. The van der Waals surface area contributed by atoms with Crippen LogP contribution in [0.25, 0.3) is 0 Å².